The van der Waals surface area contributed by atoms with Crippen molar-refractivity contribution in [1.29, 1.82) is 0 Å². The molecule has 1 aliphatic rings. The van der Waals surface area contributed by atoms with Gasteiger partial charge in [-0.15, -0.1) is 4.41 Å². The molecule has 0 bridgehead atoms. The molecular weight excluding hydrogens is 351 g/mol. The number of carbonyl (C=O) groups is 1. The number of hydrazone groups is 1. The molecule has 0 saturated carbocycles. The van der Waals surface area contributed by atoms with Crippen molar-refractivity contribution in [3.8, 4) is 0 Å². The number of rotatable bonds is 3. The van der Waals surface area contributed by atoms with E-state index in [9.17, 15) is 31.5 Å². The molecule has 1 aliphatic heterocycles. The van der Waals surface area contributed by atoms with Crippen molar-refractivity contribution in [2.75, 3.05) is 5.32 Å². The molecule has 132 valence electrons. The van der Waals surface area contributed by atoms with Gasteiger partial charge in [0.05, 0.1) is 4.90 Å². The maximum absolute atomic E-state index is 13.1. The molecule has 0 spiro atoms. The highest BCUT2D eigenvalue weighted by atomic mass is 32.2. The molecule has 1 heterocycles. The van der Waals surface area contributed by atoms with Crippen molar-refractivity contribution < 1.29 is 31.5 Å². The molecule has 24 heavy (non-hydrogen) atoms. The molecule has 0 aliphatic carbocycles. The molecule has 1 aromatic rings. The summed E-state index contributed by atoms with van der Waals surface area (Å²) in [6.07, 6.45) is -6.20. The van der Waals surface area contributed by atoms with Crippen LogP contribution in [-0.4, -0.2) is 41.5 Å². The Kier molecular flexibility index (Phi) is 4.35. The van der Waals surface area contributed by atoms with Crippen LogP contribution in [0, 0.1) is 0 Å². The number of hydrogen-bond donors (Lipinski definition) is 2. The number of hydrogen-bond acceptors (Lipinski definition) is 5. The molecule has 11 heteroatoms. The van der Waals surface area contributed by atoms with Crippen LogP contribution >= 0.6 is 0 Å². The van der Waals surface area contributed by atoms with Crippen molar-refractivity contribution in [1.82, 2.24) is 4.41 Å². The summed E-state index contributed by atoms with van der Waals surface area (Å²) in [4.78, 5) is 10.4. The highest BCUT2D eigenvalue weighted by Gasteiger charge is 2.64. The monoisotopic (exact) mass is 365 g/mol. The summed E-state index contributed by atoms with van der Waals surface area (Å²) >= 11 is 0. The van der Waals surface area contributed by atoms with E-state index < -0.39 is 39.1 Å². The van der Waals surface area contributed by atoms with Crippen LogP contribution in [0.1, 0.15) is 20.3 Å². The molecule has 0 aromatic heterocycles. The van der Waals surface area contributed by atoms with Crippen LogP contribution in [0.15, 0.2) is 34.3 Å². The van der Waals surface area contributed by atoms with Gasteiger partial charge in [0.1, 0.15) is 0 Å². The molecule has 0 fully saturated rings. The van der Waals surface area contributed by atoms with Crippen LogP contribution in [0.3, 0.4) is 0 Å². The Morgan fingerprint density at radius 2 is 1.88 bits per heavy atom. The fraction of sp³-hybridized carbons (Fsp3) is 0.385. The third-order valence-corrected chi connectivity index (χ3v) is 4.94. The number of benzene rings is 1. The average Bonchev–Trinajstić information content (AvgIpc) is 2.75. The van der Waals surface area contributed by atoms with E-state index in [1.165, 1.54) is 26.0 Å². The summed E-state index contributed by atoms with van der Waals surface area (Å²) in [5, 5.41) is 15.6. The lowest BCUT2D eigenvalue weighted by Gasteiger charge is -2.33. The maximum atomic E-state index is 13.1. The van der Waals surface area contributed by atoms with E-state index in [0.29, 0.717) is 0 Å². The SMILES string of the molecule is CC(=O)Nc1ccc(S(=O)(=O)N2N=C(C)C[C@]2(O)C(F)(F)F)cc1. The summed E-state index contributed by atoms with van der Waals surface area (Å²) < 4.78 is 64.0. The summed E-state index contributed by atoms with van der Waals surface area (Å²) in [6.45, 7) is 2.43. The average molecular weight is 365 g/mol. The van der Waals surface area contributed by atoms with E-state index in [4.69, 9.17) is 0 Å². The molecule has 0 unspecified atom stereocenters. The molecule has 0 saturated heterocycles. The second kappa shape index (κ2) is 5.74. The zero-order valence-electron chi connectivity index (χ0n) is 12.6. The predicted molar refractivity (Wildman–Crippen MR) is 78.5 cm³/mol. The Hall–Kier alpha value is -2.14. The van der Waals surface area contributed by atoms with E-state index >= 15 is 0 Å². The van der Waals surface area contributed by atoms with Crippen molar-refractivity contribution in [3.05, 3.63) is 24.3 Å². The van der Waals surface area contributed by atoms with Crippen molar-refractivity contribution in [2.45, 2.75) is 37.1 Å². The fourth-order valence-electron chi connectivity index (χ4n) is 2.17. The Morgan fingerprint density at radius 1 is 1.33 bits per heavy atom. The van der Waals surface area contributed by atoms with Gasteiger partial charge in [-0.2, -0.15) is 26.7 Å². The number of nitrogens with one attached hydrogen (secondary N) is 1. The number of halogens is 3. The minimum Gasteiger partial charge on any atom is -0.361 e. The lowest BCUT2D eigenvalue weighted by atomic mass is 10.1. The van der Waals surface area contributed by atoms with Crippen LogP contribution in [0.5, 0.6) is 0 Å². The Morgan fingerprint density at radius 3 is 2.33 bits per heavy atom. The van der Waals surface area contributed by atoms with Crippen LogP contribution < -0.4 is 5.32 Å². The molecule has 1 atom stereocenters. The topological polar surface area (TPSA) is 99.1 Å². The first-order chi connectivity index (χ1) is 10.9. The van der Waals surface area contributed by atoms with Crippen molar-refractivity contribution >= 4 is 27.3 Å². The van der Waals surface area contributed by atoms with Crippen molar-refractivity contribution in [2.24, 2.45) is 5.10 Å². The van der Waals surface area contributed by atoms with Crippen LogP contribution in [0.25, 0.3) is 0 Å². The van der Waals surface area contributed by atoms with Crippen molar-refractivity contribution in [3.63, 3.8) is 0 Å². The fourth-order valence-corrected chi connectivity index (χ4v) is 3.66. The third-order valence-electron chi connectivity index (χ3n) is 3.23. The third kappa shape index (κ3) is 3.08. The number of alkyl halides is 3. The zero-order chi connectivity index (χ0) is 18.3. The lowest BCUT2D eigenvalue weighted by molar-refractivity contribution is -0.291. The largest absolute Gasteiger partial charge is 0.439 e. The number of nitrogens with zero attached hydrogens (tertiary/aromatic N) is 2. The molecule has 2 rings (SSSR count). The van der Waals surface area contributed by atoms with E-state index in [1.54, 1.807) is 0 Å². The molecule has 2 N–H and O–H groups in total. The minimum atomic E-state index is -5.22. The number of sulfonamides is 1. The predicted octanol–water partition coefficient (Wildman–Crippen LogP) is 1.67. The van der Waals surface area contributed by atoms with E-state index in [1.807, 2.05) is 0 Å². The van der Waals surface area contributed by atoms with E-state index in [-0.39, 0.29) is 15.8 Å². The quantitative estimate of drug-likeness (QED) is 0.851. The Balaban J connectivity index is 2.44. The molecule has 7 nitrogen and oxygen atoms in total. The second-order valence-electron chi connectivity index (χ2n) is 5.28. The summed E-state index contributed by atoms with van der Waals surface area (Å²) in [5.74, 6) is -0.392. The van der Waals surface area contributed by atoms with Gasteiger partial charge in [0.15, 0.2) is 0 Å². The number of amides is 1. The van der Waals surface area contributed by atoms with Gasteiger partial charge in [0.25, 0.3) is 15.7 Å². The van der Waals surface area contributed by atoms with Crippen LogP contribution in [0.4, 0.5) is 18.9 Å². The highest BCUT2D eigenvalue weighted by Crippen LogP contribution is 2.43. The summed E-state index contributed by atoms with van der Waals surface area (Å²) in [5.41, 5.74) is -3.53. The lowest BCUT2D eigenvalue weighted by Crippen LogP contribution is -2.56. The van der Waals surface area contributed by atoms with E-state index in [2.05, 4.69) is 10.4 Å². The first kappa shape index (κ1) is 18.2. The summed E-state index contributed by atoms with van der Waals surface area (Å²) in [6, 6.07) is 4.46. The molecule has 1 amide bonds. The second-order valence-corrected chi connectivity index (χ2v) is 7.05. The Labute approximate surface area is 135 Å². The van der Waals surface area contributed by atoms with Crippen LogP contribution in [-0.2, 0) is 14.8 Å². The van der Waals surface area contributed by atoms with Gasteiger partial charge in [-0.1, -0.05) is 0 Å². The molecule has 1 aromatic carbocycles. The number of anilines is 1. The maximum Gasteiger partial charge on any atom is 0.439 e. The smallest absolute Gasteiger partial charge is 0.361 e. The van der Waals surface area contributed by atoms with Gasteiger partial charge in [0.2, 0.25) is 5.91 Å². The zero-order valence-corrected chi connectivity index (χ0v) is 13.4. The molecular formula is C13H14F3N3O4S. The number of carbonyl (C=O) groups excluding carboxylic acids is 1. The highest BCUT2D eigenvalue weighted by molar-refractivity contribution is 7.89. The normalized spacial score (nSPS) is 21.6. The molecule has 0 radical (unpaired) electrons. The minimum absolute atomic E-state index is 0.173. The van der Waals surface area contributed by atoms with Gasteiger partial charge in [-0.05, 0) is 31.2 Å². The van der Waals surface area contributed by atoms with Gasteiger partial charge in [0, 0.05) is 24.7 Å². The standard InChI is InChI=1S/C13H14F3N3O4S/c1-8-7-12(21,13(14,15)16)19(18-8)24(22,23)11-5-3-10(4-6-11)17-9(2)20/h3-6,21H,7H2,1-2H3,(H,17,20)/t12-/m0/s1. The number of aliphatic hydroxyl groups is 1. The van der Waals surface area contributed by atoms with E-state index in [0.717, 1.165) is 12.1 Å². The van der Waals surface area contributed by atoms with Gasteiger partial charge in [-0.3, -0.25) is 4.79 Å². The van der Waals surface area contributed by atoms with Gasteiger partial charge >= 0.3 is 6.18 Å². The summed E-state index contributed by atoms with van der Waals surface area (Å²) in [7, 11) is -4.74. The van der Waals surface area contributed by atoms with Gasteiger partial charge < -0.3 is 10.4 Å². The first-order valence-corrected chi connectivity index (χ1v) is 8.08. The van der Waals surface area contributed by atoms with Crippen LogP contribution in [0.2, 0.25) is 0 Å². The Bertz CT molecular complexity index is 790. The van der Waals surface area contributed by atoms with Gasteiger partial charge in [-0.25, -0.2) is 0 Å². The first-order valence-electron chi connectivity index (χ1n) is 6.64.